The van der Waals surface area contributed by atoms with E-state index in [9.17, 15) is 14.7 Å². The molecule has 1 N–H and O–H groups in total. The molecule has 0 saturated heterocycles. The number of carbonyl (C=O) groups is 2. The van der Waals surface area contributed by atoms with Crippen molar-refractivity contribution in [2.75, 3.05) is 0 Å². The fourth-order valence-corrected chi connectivity index (χ4v) is 2.30. The van der Waals surface area contributed by atoms with E-state index in [-0.39, 0.29) is 22.8 Å². The lowest BCUT2D eigenvalue weighted by Crippen LogP contribution is -2.31. The first kappa shape index (κ1) is 12.7. The number of phenolic OH excluding ortho intramolecular Hbond substituents is 1. The number of hydrogen-bond donors (Lipinski definition) is 1. The average Bonchev–Trinajstić information content (AvgIpc) is 2.40. The molecule has 1 atom stereocenters. The molecule has 0 aliphatic carbocycles. The molecular formula is C15H9ClO4. The van der Waals surface area contributed by atoms with Gasteiger partial charge in [-0.25, -0.2) is 0 Å². The summed E-state index contributed by atoms with van der Waals surface area (Å²) in [5, 5.41) is 9.88. The molecule has 100 valence electrons. The van der Waals surface area contributed by atoms with Crippen LogP contribution in [0.5, 0.6) is 11.5 Å². The summed E-state index contributed by atoms with van der Waals surface area (Å²) in [5.41, 5.74) is 0.811. The van der Waals surface area contributed by atoms with Crippen LogP contribution < -0.4 is 4.74 Å². The highest BCUT2D eigenvalue weighted by molar-refractivity contribution is 6.30. The normalized spacial score (nSPS) is 17.6. The molecule has 0 bridgehead atoms. The van der Waals surface area contributed by atoms with E-state index in [1.807, 2.05) is 0 Å². The van der Waals surface area contributed by atoms with Crippen LogP contribution in [0, 0.1) is 0 Å². The molecule has 2 aromatic rings. The lowest BCUT2D eigenvalue weighted by molar-refractivity contribution is -0.135. The molecule has 3 rings (SSSR count). The summed E-state index contributed by atoms with van der Waals surface area (Å²) in [7, 11) is 0. The molecule has 1 unspecified atom stereocenters. The zero-order valence-electron chi connectivity index (χ0n) is 10.2. The number of fused-ring (bicyclic) bond motifs is 1. The Hall–Kier alpha value is -2.33. The molecule has 20 heavy (non-hydrogen) atoms. The van der Waals surface area contributed by atoms with Crippen LogP contribution in [0.15, 0.2) is 42.5 Å². The van der Waals surface area contributed by atoms with Gasteiger partial charge in [0.15, 0.2) is 5.78 Å². The fourth-order valence-electron chi connectivity index (χ4n) is 2.17. The third kappa shape index (κ3) is 2.04. The van der Waals surface area contributed by atoms with E-state index in [0.29, 0.717) is 10.6 Å². The van der Waals surface area contributed by atoms with Crippen molar-refractivity contribution < 1.29 is 19.4 Å². The van der Waals surface area contributed by atoms with Gasteiger partial charge >= 0.3 is 5.97 Å². The van der Waals surface area contributed by atoms with Gasteiger partial charge in [0.1, 0.15) is 17.4 Å². The van der Waals surface area contributed by atoms with Crippen molar-refractivity contribution in [1.82, 2.24) is 0 Å². The molecule has 1 heterocycles. The van der Waals surface area contributed by atoms with E-state index in [4.69, 9.17) is 16.3 Å². The van der Waals surface area contributed by atoms with Gasteiger partial charge in [0.05, 0.1) is 5.56 Å². The maximum atomic E-state index is 12.4. The first-order chi connectivity index (χ1) is 9.56. The fraction of sp³-hybridized carbons (Fsp3) is 0.0667. The van der Waals surface area contributed by atoms with Crippen molar-refractivity contribution in [1.29, 1.82) is 0 Å². The van der Waals surface area contributed by atoms with Gasteiger partial charge in [-0.05, 0) is 29.8 Å². The third-order valence-corrected chi connectivity index (χ3v) is 3.39. The summed E-state index contributed by atoms with van der Waals surface area (Å²) < 4.78 is 5.13. The largest absolute Gasteiger partial charge is 0.508 e. The van der Waals surface area contributed by atoms with Crippen LogP contribution in [-0.4, -0.2) is 16.9 Å². The van der Waals surface area contributed by atoms with Gasteiger partial charge < -0.3 is 9.84 Å². The smallest absolute Gasteiger partial charge is 0.326 e. The maximum absolute atomic E-state index is 12.4. The summed E-state index contributed by atoms with van der Waals surface area (Å²) in [6, 6.07) is 10.6. The molecule has 1 aliphatic rings. The number of ether oxygens (including phenoxy) is 1. The monoisotopic (exact) mass is 288 g/mol. The average molecular weight is 289 g/mol. The standard InChI is InChI=1S/C15H9ClO4/c16-9-3-1-8(2-4-9)13-14(18)11-6-5-10(17)7-12(11)20-15(13)19/h1-7,13,17H. The number of Topliss-reactive ketones (excluding diaryl/α,β-unsaturated/α-hetero) is 1. The predicted molar refractivity (Wildman–Crippen MR) is 72.3 cm³/mol. The summed E-state index contributed by atoms with van der Waals surface area (Å²) in [5.74, 6) is -1.97. The van der Waals surface area contributed by atoms with Gasteiger partial charge in [-0.3, -0.25) is 9.59 Å². The lowest BCUT2D eigenvalue weighted by Gasteiger charge is -2.22. The van der Waals surface area contributed by atoms with Gasteiger partial charge in [-0.15, -0.1) is 0 Å². The Labute approximate surface area is 119 Å². The van der Waals surface area contributed by atoms with Crippen molar-refractivity contribution in [3.05, 3.63) is 58.6 Å². The van der Waals surface area contributed by atoms with Gasteiger partial charge in [-0.2, -0.15) is 0 Å². The van der Waals surface area contributed by atoms with Crippen molar-refractivity contribution >= 4 is 23.4 Å². The number of phenols is 1. The number of esters is 1. The highest BCUT2D eigenvalue weighted by atomic mass is 35.5. The number of aromatic hydroxyl groups is 1. The van der Waals surface area contributed by atoms with E-state index >= 15 is 0 Å². The van der Waals surface area contributed by atoms with Crippen LogP contribution in [-0.2, 0) is 4.79 Å². The quantitative estimate of drug-likeness (QED) is 0.498. The van der Waals surface area contributed by atoms with Crippen molar-refractivity contribution in [3.8, 4) is 11.5 Å². The summed E-state index contributed by atoms with van der Waals surface area (Å²) >= 11 is 5.79. The molecule has 5 heteroatoms. The number of rotatable bonds is 1. The number of benzene rings is 2. The minimum atomic E-state index is -0.996. The Morgan fingerprint density at radius 3 is 2.45 bits per heavy atom. The van der Waals surface area contributed by atoms with E-state index in [1.165, 1.54) is 18.2 Å². The zero-order valence-corrected chi connectivity index (χ0v) is 10.9. The predicted octanol–water partition coefficient (Wildman–Crippen LogP) is 2.93. The minimum absolute atomic E-state index is 0.0608. The summed E-state index contributed by atoms with van der Waals surface area (Å²) in [6.45, 7) is 0. The van der Waals surface area contributed by atoms with E-state index in [0.717, 1.165) is 0 Å². The second-order valence-corrected chi connectivity index (χ2v) is 4.89. The highest BCUT2D eigenvalue weighted by Gasteiger charge is 2.37. The van der Waals surface area contributed by atoms with Crippen molar-refractivity contribution in [2.45, 2.75) is 5.92 Å². The third-order valence-electron chi connectivity index (χ3n) is 3.14. The zero-order chi connectivity index (χ0) is 14.3. The molecule has 0 radical (unpaired) electrons. The SMILES string of the molecule is O=C1Oc2cc(O)ccc2C(=O)C1c1ccc(Cl)cc1. The Morgan fingerprint density at radius 2 is 1.75 bits per heavy atom. The molecule has 4 nitrogen and oxygen atoms in total. The number of halogens is 1. The maximum Gasteiger partial charge on any atom is 0.326 e. The molecule has 0 saturated carbocycles. The Kier molecular flexibility index (Phi) is 2.95. The molecule has 0 amide bonds. The van der Waals surface area contributed by atoms with Gasteiger partial charge in [0.25, 0.3) is 0 Å². The molecule has 0 fully saturated rings. The van der Waals surface area contributed by atoms with Crippen LogP contribution in [0.25, 0.3) is 0 Å². The molecule has 2 aromatic carbocycles. The molecule has 1 aliphatic heterocycles. The van der Waals surface area contributed by atoms with Crippen LogP contribution >= 0.6 is 11.6 Å². The first-order valence-corrected chi connectivity index (χ1v) is 6.28. The Bertz CT molecular complexity index is 706. The topological polar surface area (TPSA) is 63.6 Å². The summed E-state index contributed by atoms with van der Waals surface area (Å²) in [4.78, 5) is 24.4. The van der Waals surface area contributed by atoms with E-state index in [2.05, 4.69) is 0 Å². The number of carbonyl (C=O) groups excluding carboxylic acids is 2. The number of ketones is 1. The van der Waals surface area contributed by atoms with Crippen LogP contribution in [0.2, 0.25) is 5.02 Å². The summed E-state index contributed by atoms with van der Waals surface area (Å²) in [6.07, 6.45) is 0. The van der Waals surface area contributed by atoms with Gasteiger partial charge in [-0.1, -0.05) is 23.7 Å². The first-order valence-electron chi connectivity index (χ1n) is 5.90. The van der Waals surface area contributed by atoms with E-state index < -0.39 is 11.9 Å². The van der Waals surface area contributed by atoms with Crippen molar-refractivity contribution in [3.63, 3.8) is 0 Å². The van der Waals surface area contributed by atoms with Crippen LogP contribution in [0.1, 0.15) is 21.8 Å². The molecule has 0 spiro atoms. The van der Waals surface area contributed by atoms with E-state index in [1.54, 1.807) is 24.3 Å². The Morgan fingerprint density at radius 1 is 1.05 bits per heavy atom. The molecule has 0 aromatic heterocycles. The minimum Gasteiger partial charge on any atom is -0.508 e. The molecular weight excluding hydrogens is 280 g/mol. The van der Waals surface area contributed by atoms with Crippen LogP contribution in [0.4, 0.5) is 0 Å². The second-order valence-electron chi connectivity index (χ2n) is 4.45. The van der Waals surface area contributed by atoms with Gasteiger partial charge in [0, 0.05) is 11.1 Å². The van der Waals surface area contributed by atoms with Crippen LogP contribution in [0.3, 0.4) is 0 Å². The Balaban J connectivity index is 2.06. The van der Waals surface area contributed by atoms with Gasteiger partial charge in [0.2, 0.25) is 0 Å². The lowest BCUT2D eigenvalue weighted by atomic mass is 9.88. The number of hydrogen-bond acceptors (Lipinski definition) is 4. The van der Waals surface area contributed by atoms with Crippen molar-refractivity contribution in [2.24, 2.45) is 0 Å². The second kappa shape index (κ2) is 4.65. The highest BCUT2D eigenvalue weighted by Crippen LogP contribution is 2.35.